The Hall–Kier alpha value is -4.37. The standard InChI is InChI=1S/C27H21ClN2O7/c1-14-20(28)4-3-5-21(14)29-24(31)15(2)37-27(34)17-7-8-18-19(11-17)26(33)30(25(18)32)12-16-6-9-22-23(10-16)36-13-35-22/h3-11,15H,12-13H2,1-2H3,(H,29,31). The van der Waals surface area contributed by atoms with Crippen molar-refractivity contribution in [2.24, 2.45) is 0 Å². The van der Waals surface area contributed by atoms with Gasteiger partial charge in [0.15, 0.2) is 17.6 Å². The van der Waals surface area contributed by atoms with Crippen LogP contribution in [-0.2, 0) is 16.1 Å². The summed E-state index contributed by atoms with van der Waals surface area (Å²) in [7, 11) is 0. The van der Waals surface area contributed by atoms with Gasteiger partial charge in [-0.2, -0.15) is 0 Å². The van der Waals surface area contributed by atoms with Crippen molar-refractivity contribution in [3.63, 3.8) is 0 Å². The van der Waals surface area contributed by atoms with E-state index in [1.807, 2.05) is 0 Å². The first-order valence-electron chi connectivity index (χ1n) is 11.4. The molecule has 188 valence electrons. The number of anilines is 1. The molecule has 3 aromatic carbocycles. The van der Waals surface area contributed by atoms with Gasteiger partial charge >= 0.3 is 5.97 Å². The van der Waals surface area contributed by atoms with Crippen molar-refractivity contribution >= 4 is 41.0 Å². The number of esters is 1. The van der Waals surface area contributed by atoms with Gasteiger partial charge in [0.25, 0.3) is 17.7 Å². The molecule has 3 aromatic rings. The fourth-order valence-electron chi connectivity index (χ4n) is 4.04. The number of hydrogen-bond acceptors (Lipinski definition) is 7. The average Bonchev–Trinajstić information content (AvgIpc) is 3.44. The van der Waals surface area contributed by atoms with Crippen molar-refractivity contribution in [3.8, 4) is 11.5 Å². The van der Waals surface area contributed by atoms with Crippen molar-refractivity contribution in [2.75, 3.05) is 12.1 Å². The first kappa shape index (κ1) is 24.3. The predicted molar refractivity (Wildman–Crippen MR) is 133 cm³/mol. The minimum atomic E-state index is -1.13. The molecule has 2 aliphatic rings. The van der Waals surface area contributed by atoms with Crippen molar-refractivity contribution < 1.29 is 33.4 Å². The molecule has 3 amide bonds. The van der Waals surface area contributed by atoms with Crippen LogP contribution in [0.2, 0.25) is 5.02 Å². The van der Waals surface area contributed by atoms with E-state index < -0.39 is 29.8 Å². The molecule has 0 bridgehead atoms. The number of halogens is 1. The molecule has 0 radical (unpaired) electrons. The van der Waals surface area contributed by atoms with Crippen molar-refractivity contribution in [1.82, 2.24) is 4.90 Å². The first-order valence-corrected chi connectivity index (χ1v) is 11.8. The molecule has 2 aliphatic heterocycles. The smallest absolute Gasteiger partial charge is 0.338 e. The zero-order chi connectivity index (χ0) is 26.3. The number of nitrogens with zero attached hydrogens (tertiary/aromatic N) is 1. The molecule has 10 heteroatoms. The molecule has 0 fully saturated rings. The summed E-state index contributed by atoms with van der Waals surface area (Å²) in [5.41, 5.74) is 2.20. The minimum absolute atomic E-state index is 0.0306. The lowest BCUT2D eigenvalue weighted by atomic mass is 10.1. The highest BCUT2D eigenvalue weighted by Crippen LogP contribution is 2.34. The lowest BCUT2D eigenvalue weighted by molar-refractivity contribution is -0.123. The zero-order valence-corrected chi connectivity index (χ0v) is 20.6. The molecular formula is C27H21ClN2O7. The lowest BCUT2D eigenvalue weighted by Crippen LogP contribution is -2.30. The number of amides is 3. The zero-order valence-electron chi connectivity index (χ0n) is 19.9. The normalized spacial score (nSPS) is 14.4. The van der Waals surface area contributed by atoms with Gasteiger partial charge in [-0.05, 0) is 67.4 Å². The Morgan fingerprint density at radius 1 is 1.03 bits per heavy atom. The maximum absolute atomic E-state index is 13.0. The summed E-state index contributed by atoms with van der Waals surface area (Å²) in [6, 6.07) is 14.4. The molecule has 1 N–H and O–H groups in total. The SMILES string of the molecule is Cc1c(Cl)cccc1NC(=O)C(C)OC(=O)c1ccc2c(c1)C(=O)N(Cc1ccc3c(c1)OCO3)C2=O. The van der Waals surface area contributed by atoms with E-state index in [-0.39, 0.29) is 30.0 Å². The van der Waals surface area contributed by atoms with E-state index in [4.69, 9.17) is 25.8 Å². The number of carbonyl (C=O) groups is 4. The van der Waals surface area contributed by atoms with Crippen LogP contribution in [0.25, 0.3) is 0 Å². The highest BCUT2D eigenvalue weighted by molar-refractivity contribution is 6.31. The number of fused-ring (bicyclic) bond motifs is 2. The molecular weight excluding hydrogens is 500 g/mol. The van der Waals surface area contributed by atoms with Crippen LogP contribution >= 0.6 is 11.6 Å². The third kappa shape index (κ3) is 4.61. The van der Waals surface area contributed by atoms with E-state index in [2.05, 4.69) is 5.32 Å². The molecule has 37 heavy (non-hydrogen) atoms. The summed E-state index contributed by atoms with van der Waals surface area (Å²) in [6.07, 6.45) is -1.13. The Kier molecular flexibility index (Phi) is 6.31. The van der Waals surface area contributed by atoms with E-state index in [0.29, 0.717) is 33.3 Å². The summed E-state index contributed by atoms with van der Waals surface area (Å²) in [6.45, 7) is 3.34. The summed E-state index contributed by atoms with van der Waals surface area (Å²) in [4.78, 5) is 52.3. The van der Waals surface area contributed by atoms with Gasteiger partial charge in [-0.15, -0.1) is 0 Å². The van der Waals surface area contributed by atoms with E-state index in [1.54, 1.807) is 43.3 Å². The number of benzene rings is 3. The van der Waals surface area contributed by atoms with Gasteiger partial charge in [0.05, 0.1) is 23.2 Å². The maximum Gasteiger partial charge on any atom is 0.338 e. The Bertz CT molecular complexity index is 1470. The number of ether oxygens (including phenoxy) is 3. The van der Waals surface area contributed by atoms with E-state index in [9.17, 15) is 19.2 Å². The second kappa shape index (κ2) is 9.59. The Morgan fingerprint density at radius 3 is 2.59 bits per heavy atom. The molecule has 5 rings (SSSR count). The van der Waals surface area contributed by atoms with Crippen LogP contribution in [0, 0.1) is 6.92 Å². The van der Waals surface area contributed by atoms with Crippen molar-refractivity contribution in [2.45, 2.75) is 26.5 Å². The second-order valence-corrected chi connectivity index (χ2v) is 9.00. The fourth-order valence-corrected chi connectivity index (χ4v) is 4.22. The van der Waals surface area contributed by atoms with E-state index in [0.717, 1.165) is 4.90 Å². The van der Waals surface area contributed by atoms with Gasteiger partial charge in [-0.1, -0.05) is 23.7 Å². The number of carbonyl (C=O) groups excluding carboxylic acids is 4. The summed E-state index contributed by atoms with van der Waals surface area (Å²) in [5, 5.41) is 3.18. The van der Waals surface area contributed by atoms with Gasteiger partial charge < -0.3 is 19.5 Å². The summed E-state index contributed by atoms with van der Waals surface area (Å²) in [5.74, 6) is -1.21. The van der Waals surface area contributed by atoms with Crippen LogP contribution in [0.3, 0.4) is 0 Å². The summed E-state index contributed by atoms with van der Waals surface area (Å²) >= 11 is 6.09. The molecule has 2 heterocycles. The van der Waals surface area contributed by atoms with Crippen molar-refractivity contribution in [3.05, 3.63) is 87.4 Å². The average molecular weight is 521 g/mol. The van der Waals surface area contributed by atoms with Crippen LogP contribution in [0.5, 0.6) is 11.5 Å². The number of rotatable bonds is 6. The Morgan fingerprint density at radius 2 is 1.78 bits per heavy atom. The molecule has 0 spiro atoms. The minimum Gasteiger partial charge on any atom is -0.454 e. The fraction of sp³-hybridized carbons (Fsp3) is 0.185. The monoisotopic (exact) mass is 520 g/mol. The van der Waals surface area contributed by atoms with Crippen LogP contribution in [0.4, 0.5) is 5.69 Å². The number of imide groups is 1. The molecule has 1 unspecified atom stereocenters. The highest BCUT2D eigenvalue weighted by atomic mass is 35.5. The number of hydrogen-bond donors (Lipinski definition) is 1. The third-order valence-corrected chi connectivity index (χ3v) is 6.57. The number of nitrogens with one attached hydrogen (secondary N) is 1. The molecule has 0 aromatic heterocycles. The van der Waals surface area contributed by atoms with Crippen LogP contribution < -0.4 is 14.8 Å². The molecule has 1 atom stereocenters. The molecule has 9 nitrogen and oxygen atoms in total. The topological polar surface area (TPSA) is 111 Å². The molecule has 0 aliphatic carbocycles. The van der Waals surface area contributed by atoms with Gasteiger partial charge in [0.2, 0.25) is 6.79 Å². The quantitative estimate of drug-likeness (QED) is 0.380. The first-order chi connectivity index (χ1) is 17.7. The Balaban J connectivity index is 1.27. The van der Waals surface area contributed by atoms with Gasteiger partial charge in [0.1, 0.15) is 0 Å². The molecule has 0 saturated carbocycles. The third-order valence-electron chi connectivity index (χ3n) is 6.16. The predicted octanol–water partition coefficient (Wildman–Crippen LogP) is 4.36. The largest absolute Gasteiger partial charge is 0.454 e. The van der Waals surface area contributed by atoms with Gasteiger partial charge in [-0.3, -0.25) is 19.3 Å². The Labute approximate surface area is 216 Å². The lowest BCUT2D eigenvalue weighted by Gasteiger charge is -2.15. The van der Waals surface area contributed by atoms with Gasteiger partial charge in [0, 0.05) is 10.7 Å². The van der Waals surface area contributed by atoms with Crippen LogP contribution in [0.15, 0.2) is 54.6 Å². The maximum atomic E-state index is 13.0. The van der Waals surface area contributed by atoms with E-state index >= 15 is 0 Å². The summed E-state index contributed by atoms with van der Waals surface area (Å²) < 4.78 is 16.0. The van der Waals surface area contributed by atoms with Crippen LogP contribution in [-0.4, -0.2) is 41.5 Å². The second-order valence-electron chi connectivity index (χ2n) is 8.59. The van der Waals surface area contributed by atoms with Gasteiger partial charge in [-0.25, -0.2) is 4.79 Å². The van der Waals surface area contributed by atoms with Crippen LogP contribution in [0.1, 0.15) is 49.1 Å². The molecule has 0 saturated heterocycles. The van der Waals surface area contributed by atoms with E-state index in [1.165, 1.54) is 25.1 Å². The van der Waals surface area contributed by atoms with Crippen molar-refractivity contribution in [1.29, 1.82) is 0 Å². The highest BCUT2D eigenvalue weighted by Gasteiger charge is 2.36.